The van der Waals surface area contributed by atoms with Crippen molar-refractivity contribution in [3.63, 3.8) is 0 Å². The van der Waals surface area contributed by atoms with Gasteiger partial charge in [-0.15, -0.1) is 0 Å². The lowest BCUT2D eigenvalue weighted by Crippen LogP contribution is -2.48. The van der Waals surface area contributed by atoms with E-state index in [-0.39, 0.29) is 11.8 Å². The first-order chi connectivity index (χ1) is 11.5. The summed E-state index contributed by atoms with van der Waals surface area (Å²) < 4.78 is 11.2. The van der Waals surface area contributed by atoms with Gasteiger partial charge in [-0.05, 0) is 31.4 Å². The number of primary amides is 1. The number of benzene rings is 1. The SMILES string of the molecule is COC(C(=O)O)(c1nc2ccccc2o1)C1CCCC(C(N)=O)C1. The monoisotopic (exact) mass is 332 g/mol. The zero-order valence-corrected chi connectivity index (χ0v) is 13.4. The largest absolute Gasteiger partial charge is 0.479 e. The molecule has 1 aromatic heterocycles. The lowest BCUT2D eigenvalue weighted by atomic mass is 9.72. The third kappa shape index (κ3) is 2.54. The summed E-state index contributed by atoms with van der Waals surface area (Å²) in [6.07, 6.45) is 2.31. The molecule has 24 heavy (non-hydrogen) atoms. The van der Waals surface area contributed by atoms with Gasteiger partial charge in [0, 0.05) is 18.9 Å². The number of para-hydroxylation sites is 2. The Morgan fingerprint density at radius 2 is 2.12 bits per heavy atom. The molecule has 3 atom stereocenters. The number of oxazole rings is 1. The number of aromatic nitrogens is 1. The van der Waals surface area contributed by atoms with Crippen molar-refractivity contribution >= 4 is 23.0 Å². The second-order valence-electron chi connectivity index (χ2n) is 6.19. The maximum Gasteiger partial charge on any atom is 0.346 e. The molecule has 0 spiro atoms. The second kappa shape index (κ2) is 6.24. The number of hydrogen-bond acceptors (Lipinski definition) is 5. The van der Waals surface area contributed by atoms with E-state index in [1.54, 1.807) is 24.3 Å². The average molecular weight is 332 g/mol. The van der Waals surface area contributed by atoms with Crippen LogP contribution in [0.2, 0.25) is 0 Å². The molecule has 0 radical (unpaired) electrons. The van der Waals surface area contributed by atoms with Gasteiger partial charge in [0.05, 0.1) is 0 Å². The number of fused-ring (bicyclic) bond motifs is 1. The minimum atomic E-state index is -1.73. The number of nitrogens with zero attached hydrogens (tertiary/aromatic N) is 1. The van der Waals surface area contributed by atoms with Gasteiger partial charge in [0.2, 0.25) is 17.4 Å². The maximum absolute atomic E-state index is 12.2. The molecule has 7 heteroatoms. The fraction of sp³-hybridized carbons (Fsp3) is 0.471. The molecule has 128 valence electrons. The second-order valence-corrected chi connectivity index (χ2v) is 6.19. The van der Waals surface area contributed by atoms with Crippen LogP contribution in [0.15, 0.2) is 28.7 Å². The van der Waals surface area contributed by atoms with Crippen molar-refractivity contribution in [3.8, 4) is 0 Å². The van der Waals surface area contributed by atoms with Gasteiger partial charge in [-0.25, -0.2) is 9.78 Å². The van der Waals surface area contributed by atoms with Crippen LogP contribution in [-0.4, -0.2) is 29.1 Å². The van der Waals surface area contributed by atoms with Crippen LogP contribution in [0, 0.1) is 11.8 Å². The molecule has 1 aliphatic carbocycles. The number of carboxylic acid groups (broad SMARTS) is 1. The number of hydrogen-bond donors (Lipinski definition) is 2. The fourth-order valence-electron chi connectivity index (χ4n) is 3.63. The van der Waals surface area contributed by atoms with Crippen LogP contribution in [0.3, 0.4) is 0 Å². The molecule has 1 heterocycles. The fourth-order valence-corrected chi connectivity index (χ4v) is 3.63. The first kappa shape index (κ1) is 16.4. The Kier molecular flexibility index (Phi) is 4.28. The van der Waals surface area contributed by atoms with E-state index in [0.29, 0.717) is 36.8 Å². The van der Waals surface area contributed by atoms with E-state index in [9.17, 15) is 14.7 Å². The van der Waals surface area contributed by atoms with Gasteiger partial charge in [-0.1, -0.05) is 18.6 Å². The molecular weight excluding hydrogens is 312 g/mol. The van der Waals surface area contributed by atoms with Crippen LogP contribution in [0.25, 0.3) is 11.1 Å². The Morgan fingerprint density at radius 3 is 2.75 bits per heavy atom. The molecule has 1 amide bonds. The summed E-state index contributed by atoms with van der Waals surface area (Å²) in [5.74, 6) is -2.38. The van der Waals surface area contributed by atoms with Gasteiger partial charge >= 0.3 is 5.97 Å². The van der Waals surface area contributed by atoms with Crippen molar-refractivity contribution in [3.05, 3.63) is 30.2 Å². The van der Waals surface area contributed by atoms with Crippen molar-refractivity contribution in [2.45, 2.75) is 31.3 Å². The number of methoxy groups -OCH3 is 1. The number of ether oxygens (including phenoxy) is 1. The number of carbonyl (C=O) groups excluding carboxylic acids is 1. The Labute approximate surface area is 138 Å². The van der Waals surface area contributed by atoms with Crippen molar-refractivity contribution in [1.82, 2.24) is 4.98 Å². The molecule has 1 fully saturated rings. The number of amides is 1. The predicted molar refractivity (Wildman–Crippen MR) is 85.0 cm³/mol. The Hall–Kier alpha value is -2.41. The van der Waals surface area contributed by atoms with E-state index in [0.717, 1.165) is 0 Å². The highest BCUT2D eigenvalue weighted by Crippen LogP contribution is 2.44. The molecule has 3 rings (SSSR count). The summed E-state index contributed by atoms with van der Waals surface area (Å²) in [5, 5.41) is 9.94. The van der Waals surface area contributed by atoms with Crippen molar-refractivity contribution in [2.24, 2.45) is 17.6 Å². The van der Waals surface area contributed by atoms with E-state index < -0.39 is 23.4 Å². The van der Waals surface area contributed by atoms with Crippen LogP contribution in [0.1, 0.15) is 31.6 Å². The van der Waals surface area contributed by atoms with Crippen LogP contribution < -0.4 is 5.73 Å². The highest BCUT2D eigenvalue weighted by molar-refractivity contribution is 5.81. The van der Waals surface area contributed by atoms with E-state index in [2.05, 4.69) is 4.98 Å². The van der Waals surface area contributed by atoms with E-state index in [1.165, 1.54) is 7.11 Å². The van der Waals surface area contributed by atoms with Crippen molar-refractivity contribution in [1.29, 1.82) is 0 Å². The standard InChI is InChI=1S/C17H20N2O5/c1-23-17(16(21)22,11-6-4-5-10(9-11)14(18)20)15-19-12-7-2-3-8-13(12)24-15/h2-3,7-8,10-11H,4-6,9H2,1H3,(H2,18,20)(H,21,22). The van der Waals surface area contributed by atoms with Crippen LogP contribution >= 0.6 is 0 Å². The molecule has 0 aliphatic heterocycles. The van der Waals surface area contributed by atoms with E-state index >= 15 is 0 Å². The van der Waals surface area contributed by atoms with Gasteiger partial charge in [-0.3, -0.25) is 4.79 Å². The Morgan fingerprint density at radius 1 is 1.38 bits per heavy atom. The lowest BCUT2D eigenvalue weighted by molar-refractivity contribution is -0.179. The highest BCUT2D eigenvalue weighted by atomic mass is 16.5. The van der Waals surface area contributed by atoms with Crippen LogP contribution in [0.5, 0.6) is 0 Å². The normalized spacial score (nSPS) is 23.7. The number of nitrogens with two attached hydrogens (primary N) is 1. The summed E-state index contributed by atoms with van der Waals surface area (Å²) in [7, 11) is 1.33. The number of aliphatic carboxylic acids is 1. The van der Waals surface area contributed by atoms with Gasteiger partial charge in [0.1, 0.15) is 5.52 Å². The maximum atomic E-state index is 12.2. The van der Waals surface area contributed by atoms with Crippen LogP contribution in [-0.2, 0) is 19.9 Å². The molecule has 2 aromatic rings. The van der Waals surface area contributed by atoms with Crippen molar-refractivity contribution < 1.29 is 23.8 Å². The predicted octanol–water partition coefficient (Wildman–Crippen LogP) is 2.05. The average Bonchev–Trinajstić information content (AvgIpc) is 3.00. The topological polar surface area (TPSA) is 116 Å². The third-order valence-electron chi connectivity index (χ3n) is 4.90. The third-order valence-corrected chi connectivity index (χ3v) is 4.90. The zero-order valence-electron chi connectivity index (χ0n) is 13.4. The van der Waals surface area contributed by atoms with Gasteiger partial charge in [-0.2, -0.15) is 0 Å². The Bertz CT molecular complexity index is 738. The minimum absolute atomic E-state index is 0.00817. The van der Waals surface area contributed by atoms with Gasteiger partial charge < -0.3 is 20.0 Å². The van der Waals surface area contributed by atoms with Gasteiger partial charge in [0.15, 0.2) is 5.58 Å². The molecule has 3 unspecified atom stereocenters. The Balaban J connectivity index is 2.07. The molecule has 0 bridgehead atoms. The summed E-state index contributed by atoms with van der Waals surface area (Å²) in [5.41, 5.74) is 4.76. The van der Waals surface area contributed by atoms with E-state index in [4.69, 9.17) is 14.9 Å². The molecule has 3 N–H and O–H groups in total. The number of rotatable bonds is 5. The summed E-state index contributed by atoms with van der Waals surface area (Å²) in [6, 6.07) is 7.06. The van der Waals surface area contributed by atoms with Crippen LogP contribution in [0.4, 0.5) is 0 Å². The zero-order chi connectivity index (χ0) is 17.3. The van der Waals surface area contributed by atoms with Crippen molar-refractivity contribution in [2.75, 3.05) is 7.11 Å². The molecule has 7 nitrogen and oxygen atoms in total. The molecule has 1 aliphatic rings. The smallest absolute Gasteiger partial charge is 0.346 e. The van der Waals surface area contributed by atoms with Gasteiger partial charge in [0.25, 0.3) is 0 Å². The first-order valence-corrected chi connectivity index (χ1v) is 7.93. The van der Waals surface area contributed by atoms with E-state index in [1.807, 2.05) is 0 Å². The first-order valence-electron chi connectivity index (χ1n) is 7.93. The highest BCUT2D eigenvalue weighted by Gasteiger charge is 2.54. The number of carboxylic acids is 1. The lowest BCUT2D eigenvalue weighted by Gasteiger charge is -2.37. The summed E-state index contributed by atoms with van der Waals surface area (Å²) >= 11 is 0. The molecule has 0 saturated heterocycles. The molecular formula is C17H20N2O5. The molecule has 1 aromatic carbocycles. The molecule has 1 saturated carbocycles. The summed E-state index contributed by atoms with van der Waals surface area (Å²) in [6.45, 7) is 0. The quantitative estimate of drug-likeness (QED) is 0.865. The summed E-state index contributed by atoms with van der Waals surface area (Å²) in [4.78, 5) is 28.1. The number of carbonyl (C=O) groups is 2. The minimum Gasteiger partial charge on any atom is -0.479 e.